The van der Waals surface area contributed by atoms with Crippen LogP contribution < -0.4 is 16.6 Å². The lowest BCUT2D eigenvalue weighted by Gasteiger charge is -2.16. The van der Waals surface area contributed by atoms with Gasteiger partial charge in [0.05, 0.1) is 21.7 Å². The highest BCUT2D eigenvalue weighted by atomic mass is 32.2. The molecule has 0 aliphatic heterocycles. The zero-order chi connectivity index (χ0) is 22.9. The van der Waals surface area contributed by atoms with Crippen molar-refractivity contribution in [1.82, 2.24) is 0 Å². The van der Waals surface area contributed by atoms with E-state index in [1.165, 1.54) is 30.3 Å². The largest absolute Gasteiger partial charge is 0.478 e. The monoisotopic (exact) mass is 439 g/mol. The molecule has 0 heterocycles. The van der Waals surface area contributed by atoms with Crippen LogP contribution in [-0.4, -0.2) is 25.4 Å². The van der Waals surface area contributed by atoms with Gasteiger partial charge in [-0.25, -0.2) is 18.4 Å². The quantitative estimate of drug-likeness (QED) is 0.431. The molecule has 3 aromatic carbocycles. The molecule has 8 nitrogen and oxygen atoms in total. The first kappa shape index (κ1) is 22.0. The van der Waals surface area contributed by atoms with Gasteiger partial charge in [0, 0.05) is 5.56 Å². The van der Waals surface area contributed by atoms with Crippen molar-refractivity contribution in [2.45, 2.75) is 18.2 Å². The van der Waals surface area contributed by atoms with Gasteiger partial charge in [0.1, 0.15) is 0 Å². The molecule has 31 heavy (non-hydrogen) atoms. The number of rotatable bonds is 6. The first-order valence-electron chi connectivity index (χ1n) is 9.26. The first-order valence-corrected chi connectivity index (χ1v) is 10.8. The van der Waals surface area contributed by atoms with E-state index in [1.807, 2.05) is 6.92 Å². The van der Waals surface area contributed by atoms with Crippen molar-refractivity contribution in [2.75, 3.05) is 5.73 Å². The molecule has 0 aromatic heterocycles. The molecule has 9 heteroatoms. The fourth-order valence-corrected chi connectivity index (χ4v) is 3.89. The van der Waals surface area contributed by atoms with Gasteiger partial charge in [-0.2, -0.15) is 0 Å². The average molecular weight is 439 g/mol. The number of aromatic carboxylic acids is 1. The second-order valence-electron chi connectivity index (χ2n) is 6.95. The highest BCUT2D eigenvalue weighted by Gasteiger charge is 2.17. The molecule has 0 atom stereocenters. The Kier molecular flexibility index (Phi) is 5.83. The summed E-state index contributed by atoms with van der Waals surface area (Å²) in [6, 6.07) is 13.8. The molecule has 0 unspecified atom stereocenters. The summed E-state index contributed by atoms with van der Waals surface area (Å²) in [5, 5.41) is 14.4. The second kappa shape index (κ2) is 8.21. The SMILES string of the molecule is CCc1cc(C(=O)O)ccc1-c1cc(C(N)=O)c(N)c(-c2ccc(S(N)(=O)=O)cc2)c1. The van der Waals surface area contributed by atoms with Crippen LogP contribution in [0.25, 0.3) is 22.3 Å². The third-order valence-electron chi connectivity index (χ3n) is 4.98. The normalized spacial score (nSPS) is 11.3. The lowest BCUT2D eigenvalue weighted by atomic mass is 9.90. The Balaban J connectivity index is 2.24. The lowest BCUT2D eigenvalue weighted by Crippen LogP contribution is -2.14. The molecule has 0 saturated heterocycles. The van der Waals surface area contributed by atoms with Gasteiger partial charge in [-0.05, 0) is 65.1 Å². The van der Waals surface area contributed by atoms with Crippen LogP contribution in [0.2, 0.25) is 0 Å². The Labute approximate surface area is 179 Å². The summed E-state index contributed by atoms with van der Waals surface area (Å²) in [6.07, 6.45) is 0.561. The number of carbonyl (C=O) groups is 2. The number of nitrogens with two attached hydrogens (primary N) is 3. The smallest absolute Gasteiger partial charge is 0.335 e. The third kappa shape index (κ3) is 4.42. The molecule has 160 valence electrons. The van der Waals surface area contributed by atoms with Crippen molar-refractivity contribution < 1.29 is 23.1 Å². The minimum absolute atomic E-state index is 0.0568. The predicted molar refractivity (Wildman–Crippen MR) is 118 cm³/mol. The maximum Gasteiger partial charge on any atom is 0.335 e. The maximum absolute atomic E-state index is 12.0. The van der Waals surface area contributed by atoms with E-state index in [-0.39, 0.29) is 21.7 Å². The number of aryl methyl sites for hydroxylation is 1. The van der Waals surface area contributed by atoms with Crippen molar-refractivity contribution in [3.63, 3.8) is 0 Å². The van der Waals surface area contributed by atoms with Gasteiger partial charge in [0.15, 0.2) is 0 Å². The van der Waals surface area contributed by atoms with Crippen molar-refractivity contribution in [3.8, 4) is 22.3 Å². The minimum atomic E-state index is -3.86. The summed E-state index contributed by atoms with van der Waals surface area (Å²) in [7, 11) is -3.86. The topological polar surface area (TPSA) is 167 Å². The average Bonchev–Trinajstić information content (AvgIpc) is 2.72. The van der Waals surface area contributed by atoms with Crippen LogP contribution in [0.5, 0.6) is 0 Å². The summed E-state index contributed by atoms with van der Waals surface area (Å²) in [5.74, 6) is -1.76. The summed E-state index contributed by atoms with van der Waals surface area (Å²) >= 11 is 0. The van der Waals surface area contributed by atoms with Crippen molar-refractivity contribution in [2.24, 2.45) is 10.9 Å². The predicted octanol–water partition coefficient (Wildman–Crippen LogP) is 2.61. The molecule has 0 spiro atoms. The third-order valence-corrected chi connectivity index (χ3v) is 5.91. The molecular formula is C22H21N3O5S. The van der Waals surface area contributed by atoms with Crippen molar-refractivity contribution >= 4 is 27.6 Å². The van der Waals surface area contributed by atoms with Gasteiger partial charge in [0.2, 0.25) is 10.0 Å². The number of anilines is 1. The van der Waals surface area contributed by atoms with Crippen molar-refractivity contribution in [1.29, 1.82) is 0 Å². The van der Waals surface area contributed by atoms with E-state index in [9.17, 15) is 23.1 Å². The number of hydrogen-bond donors (Lipinski definition) is 4. The summed E-state index contributed by atoms with van der Waals surface area (Å²) in [5.41, 5.74) is 15.3. The number of primary sulfonamides is 1. The van der Waals surface area contributed by atoms with Crippen molar-refractivity contribution in [3.05, 3.63) is 71.3 Å². The van der Waals surface area contributed by atoms with E-state index < -0.39 is 21.9 Å². The fourth-order valence-electron chi connectivity index (χ4n) is 3.38. The first-order chi connectivity index (χ1) is 14.5. The van der Waals surface area contributed by atoms with E-state index in [2.05, 4.69) is 0 Å². The molecule has 0 aliphatic rings. The zero-order valence-electron chi connectivity index (χ0n) is 16.6. The molecule has 0 fully saturated rings. The number of sulfonamides is 1. The summed E-state index contributed by atoms with van der Waals surface area (Å²) < 4.78 is 23.1. The molecule has 3 rings (SSSR count). The number of amides is 1. The van der Waals surface area contributed by atoms with Crippen LogP contribution in [0.1, 0.15) is 33.2 Å². The molecule has 7 N–H and O–H groups in total. The van der Waals surface area contributed by atoms with Gasteiger partial charge >= 0.3 is 5.97 Å². The van der Waals surface area contributed by atoms with Gasteiger partial charge in [-0.15, -0.1) is 0 Å². The molecule has 0 bridgehead atoms. The van der Waals surface area contributed by atoms with Crippen LogP contribution in [0, 0.1) is 0 Å². The fraction of sp³-hybridized carbons (Fsp3) is 0.0909. The number of benzene rings is 3. The van der Waals surface area contributed by atoms with E-state index in [0.717, 1.165) is 11.1 Å². The standard InChI is InChI=1S/C22H21N3O5S/c1-2-12-9-14(22(27)28)5-8-17(12)15-10-18(20(23)19(11-15)21(24)26)13-3-6-16(7-4-13)31(25,29)30/h3-11H,2,23H2,1H3,(H2,24,26)(H,27,28)(H2,25,29,30). The summed E-state index contributed by atoms with van der Waals surface area (Å²) in [4.78, 5) is 23.3. The molecule has 0 radical (unpaired) electrons. The Morgan fingerprint density at radius 2 is 1.58 bits per heavy atom. The molecular weight excluding hydrogens is 418 g/mol. The lowest BCUT2D eigenvalue weighted by molar-refractivity contribution is 0.0696. The van der Waals surface area contributed by atoms with Crippen LogP contribution in [-0.2, 0) is 16.4 Å². The second-order valence-corrected chi connectivity index (χ2v) is 8.51. The molecule has 0 aliphatic carbocycles. The number of carboxylic acids is 1. The number of hydrogen-bond acceptors (Lipinski definition) is 5. The van der Waals surface area contributed by atoms with Gasteiger partial charge in [-0.1, -0.05) is 25.1 Å². The maximum atomic E-state index is 12.0. The highest BCUT2D eigenvalue weighted by molar-refractivity contribution is 7.89. The number of nitrogen functional groups attached to an aromatic ring is 1. The van der Waals surface area contributed by atoms with E-state index in [4.69, 9.17) is 16.6 Å². The Morgan fingerprint density at radius 3 is 2.10 bits per heavy atom. The highest BCUT2D eigenvalue weighted by Crippen LogP contribution is 2.36. The van der Waals surface area contributed by atoms with Gasteiger partial charge < -0.3 is 16.6 Å². The molecule has 0 saturated carbocycles. The molecule has 1 amide bonds. The Hall–Kier alpha value is -3.69. The van der Waals surface area contributed by atoms with Crippen LogP contribution in [0.3, 0.4) is 0 Å². The summed E-state index contributed by atoms with van der Waals surface area (Å²) in [6.45, 7) is 1.89. The molecule has 3 aromatic rings. The van der Waals surface area contributed by atoms with E-state index in [1.54, 1.807) is 24.3 Å². The van der Waals surface area contributed by atoms with Crippen LogP contribution in [0.15, 0.2) is 59.5 Å². The Morgan fingerprint density at radius 1 is 0.935 bits per heavy atom. The van der Waals surface area contributed by atoms with E-state index in [0.29, 0.717) is 23.1 Å². The van der Waals surface area contributed by atoms with Crippen LogP contribution >= 0.6 is 0 Å². The van der Waals surface area contributed by atoms with Gasteiger partial charge in [-0.3, -0.25) is 4.79 Å². The Bertz CT molecular complexity index is 1300. The van der Waals surface area contributed by atoms with E-state index >= 15 is 0 Å². The minimum Gasteiger partial charge on any atom is -0.478 e. The van der Waals surface area contributed by atoms with Gasteiger partial charge in [0.25, 0.3) is 5.91 Å². The number of carbonyl (C=O) groups excluding carboxylic acids is 1. The van der Waals surface area contributed by atoms with Crippen LogP contribution in [0.4, 0.5) is 5.69 Å². The zero-order valence-corrected chi connectivity index (χ0v) is 17.4. The number of primary amides is 1. The number of carboxylic acid groups (broad SMARTS) is 1.